The Hall–Kier alpha value is -1.20. The minimum Gasteiger partial charge on any atom is -0.335 e. The fraction of sp³-hybridized carbons (Fsp3) is 0.467. The van der Waals surface area contributed by atoms with Crippen molar-refractivity contribution in [2.75, 3.05) is 6.54 Å². The number of aromatic nitrogens is 1. The zero-order chi connectivity index (χ0) is 14.1. The van der Waals surface area contributed by atoms with Gasteiger partial charge in [-0.1, -0.05) is 0 Å². The van der Waals surface area contributed by atoms with Crippen LogP contribution in [-0.4, -0.2) is 28.4 Å². The van der Waals surface area contributed by atoms with E-state index in [0.29, 0.717) is 11.6 Å². The van der Waals surface area contributed by atoms with Crippen LogP contribution in [0.15, 0.2) is 22.2 Å². The smallest absolute Gasteiger partial charge is 0.273 e. The van der Waals surface area contributed by atoms with Gasteiger partial charge in [-0.25, -0.2) is 4.98 Å². The van der Waals surface area contributed by atoms with Crippen LogP contribution in [-0.2, 0) is 0 Å². The van der Waals surface area contributed by atoms with E-state index in [1.54, 1.807) is 22.7 Å². The van der Waals surface area contributed by atoms with Gasteiger partial charge in [0, 0.05) is 28.9 Å². The van der Waals surface area contributed by atoms with Gasteiger partial charge in [-0.3, -0.25) is 4.79 Å². The predicted octanol–water partition coefficient (Wildman–Crippen LogP) is 4.13. The Morgan fingerprint density at radius 2 is 2.25 bits per heavy atom. The van der Waals surface area contributed by atoms with Crippen LogP contribution in [0.3, 0.4) is 0 Å². The summed E-state index contributed by atoms with van der Waals surface area (Å²) in [6.07, 6.45) is 2.52. The molecule has 0 bridgehead atoms. The van der Waals surface area contributed by atoms with Gasteiger partial charge in [0.05, 0.1) is 0 Å². The van der Waals surface area contributed by atoms with Crippen molar-refractivity contribution in [2.45, 2.75) is 32.7 Å². The maximum atomic E-state index is 12.6. The molecule has 0 aliphatic heterocycles. The van der Waals surface area contributed by atoms with Crippen LogP contribution in [0.1, 0.15) is 37.2 Å². The van der Waals surface area contributed by atoms with Crippen LogP contribution in [0.2, 0.25) is 0 Å². The molecular weight excluding hydrogens is 288 g/mol. The third-order valence-corrected chi connectivity index (χ3v) is 5.10. The minimum absolute atomic E-state index is 0.0737. The van der Waals surface area contributed by atoms with Crippen molar-refractivity contribution in [3.63, 3.8) is 0 Å². The molecule has 0 N–H and O–H groups in total. The average Bonchev–Trinajstić information content (AvgIpc) is 2.93. The summed E-state index contributed by atoms with van der Waals surface area (Å²) in [6.45, 7) is 5.03. The molecule has 20 heavy (non-hydrogen) atoms. The van der Waals surface area contributed by atoms with E-state index in [9.17, 15) is 4.79 Å². The lowest BCUT2D eigenvalue weighted by atomic mass is 10.2. The Morgan fingerprint density at radius 3 is 2.85 bits per heavy atom. The first kappa shape index (κ1) is 13.8. The molecule has 2 aromatic heterocycles. The molecule has 0 aromatic carbocycles. The van der Waals surface area contributed by atoms with E-state index >= 15 is 0 Å². The number of nitrogens with zero attached hydrogens (tertiary/aromatic N) is 2. The van der Waals surface area contributed by atoms with Gasteiger partial charge < -0.3 is 4.90 Å². The highest BCUT2D eigenvalue weighted by Gasteiger charge is 2.29. The van der Waals surface area contributed by atoms with Crippen LogP contribution in [0.25, 0.3) is 10.6 Å². The molecule has 1 saturated carbocycles. The van der Waals surface area contributed by atoms with Crippen molar-refractivity contribution in [1.29, 1.82) is 0 Å². The van der Waals surface area contributed by atoms with Gasteiger partial charge in [0.15, 0.2) is 0 Å². The van der Waals surface area contributed by atoms with Crippen molar-refractivity contribution >= 4 is 28.6 Å². The first-order valence-corrected chi connectivity index (χ1v) is 8.76. The van der Waals surface area contributed by atoms with Crippen molar-refractivity contribution in [3.05, 3.63) is 27.9 Å². The molecule has 0 radical (unpaired) electrons. The molecule has 1 fully saturated rings. The van der Waals surface area contributed by atoms with Crippen molar-refractivity contribution in [2.24, 2.45) is 5.92 Å². The zero-order valence-electron chi connectivity index (χ0n) is 11.7. The number of thiazole rings is 1. The highest BCUT2D eigenvalue weighted by atomic mass is 32.1. The third kappa shape index (κ3) is 2.94. The number of hydrogen-bond donors (Lipinski definition) is 0. The molecule has 0 atom stereocenters. The number of rotatable bonds is 5. The molecule has 1 amide bonds. The molecule has 0 saturated heterocycles. The van der Waals surface area contributed by atoms with E-state index < -0.39 is 0 Å². The summed E-state index contributed by atoms with van der Waals surface area (Å²) >= 11 is 3.20. The summed E-state index contributed by atoms with van der Waals surface area (Å²) < 4.78 is 0. The quantitative estimate of drug-likeness (QED) is 0.832. The summed E-state index contributed by atoms with van der Waals surface area (Å²) in [7, 11) is 0. The monoisotopic (exact) mass is 306 g/mol. The number of carbonyl (C=O) groups is 1. The van der Waals surface area contributed by atoms with E-state index in [0.717, 1.165) is 17.1 Å². The summed E-state index contributed by atoms with van der Waals surface area (Å²) in [6, 6.07) is 2.27. The molecule has 0 spiro atoms. The van der Waals surface area contributed by atoms with Gasteiger partial charge in [0.2, 0.25) is 0 Å². The van der Waals surface area contributed by atoms with Crippen LogP contribution in [0.4, 0.5) is 0 Å². The maximum Gasteiger partial charge on any atom is 0.273 e. The number of hydrogen-bond acceptors (Lipinski definition) is 4. The minimum atomic E-state index is 0.0737. The Morgan fingerprint density at radius 1 is 1.45 bits per heavy atom. The number of carbonyl (C=O) groups excluding carboxylic acids is 1. The van der Waals surface area contributed by atoms with Crippen LogP contribution in [0.5, 0.6) is 0 Å². The summed E-state index contributed by atoms with van der Waals surface area (Å²) in [5, 5.41) is 6.92. The number of amides is 1. The van der Waals surface area contributed by atoms with Gasteiger partial charge in [-0.2, -0.15) is 11.3 Å². The van der Waals surface area contributed by atoms with Crippen LogP contribution in [0, 0.1) is 5.92 Å². The summed E-state index contributed by atoms with van der Waals surface area (Å²) in [5.41, 5.74) is 1.70. The highest BCUT2D eigenvalue weighted by molar-refractivity contribution is 7.14. The number of thiophene rings is 1. The van der Waals surface area contributed by atoms with Gasteiger partial charge >= 0.3 is 0 Å². The van der Waals surface area contributed by atoms with Crippen LogP contribution >= 0.6 is 22.7 Å². The lowest BCUT2D eigenvalue weighted by molar-refractivity contribution is 0.0691. The molecule has 3 nitrogen and oxygen atoms in total. The summed E-state index contributed by atoms with van der Waals surface area (Å²) in [5.74, 6) is 0.779. The SMILES string of the molecule is CC(C)N(CC1CC1)C(=O)c1csc(-c2ccsc2)n1. The van der Waals surface area contributed by atoms with Crippen molar-refractivity contribution in [3.8, 4) is 10.6 Å². The van der Waals surface area contributed by atoms with E-state index in [1.807, 2.05) is 21.7 Å². The second-order valence-electron chi connectivity index (χ2n) is 5.54. The Balaban J connectivity index is 1.78. The molecule has 2 aromatic rings. The molecule has 1 aliphatic carbocycles. The van der Waals surface area contributed by atoms with Gasteiger partial charge in [0.25, 0.3) is 5.91 Å². The lowest BCUT2D eigenvalue weighted by Gasteiger charge is -2.25. The molecular formula is C15H18N2OS2. The molecule has 0 unspecified atom stereocenters. The van der Waals surface area contributed by atoms with Crippen molar-refractivity contribution < 1.29 is 4.79 Å². The van der Waals surface area contributed by atoms with Gasteiger partial charge in [-0.05, 0) is 44.1 Å². The Labute approximate surface area is 127 Å². The van der Waals surface area contributed by atoms with E-state index in [1.165, 1.54) is 12.8 Å². The average molecular weight is 306 g/mol. The van der Waals surface area contributed by atoms with Crippen LogP contribution < -0.4 is 0 Å². The first-order valence-electron chi connectivity index (χ1n) is 6.94. The van der Waals surface area contributed by atoms with E-state index in [-0.39, 0.29) is 11.9 Å². The second kappa shape index (κ2) is 5.66. The van der Waals surface area contributed by atoms with E-state index in [2.05, 4.69) is 24.2 Å². The third-order valence-electron chi connectivity index (χ3n) is 3.53. The lowest BCUT2D eigenvalue weighted by Crippen LogP contribution is -2.38. The predicted molar refractivity (Wildman–Crippen MR) is 84.3 cm³/mol. The molecule has 5 heteroatoms. The first-order chi connectivity index (χ1) is 9.65. The molecule has 2 heterocycles. The van der Waals surface area contributed by atoms with E-state index in [4.69, 9.17) is 0 Å². The fourth-order valence-electron chi connectivity index (χ4n) is 2.14. The largest absolute Gasteiger partial charge is 0.335 e. The second-order valence-corrected chi connectivity index (χ2v) is 7.18. The molecule has 1 aliphatic rings. The fourth-order valence-corrected chi connectivity index (χ4v) is 3.65. The van der Waals surface area contributed by atoms with Gasteiger partial charge in [0.1, 0.15) is 10.7 Å². The standard InChI is InChI=1S/C15H18N2OS2/c1-10(2)17(7-11-3-4-11)15(18)13-9-20-14(16-13)12-5-6-19-8-12/h5-6,8-11H,3-4,7H2,1-2H3. The molecule has 106 valence electrons. The Bertz CT molecular complexity index is 585. The van der Waals surface area contributed by atoms with Gasteiger partial charge in [-0.15, -0.1) is 11.3 Å². The molecule has 3 rings (SSSR count). The Kier molecular flexibility index (Phi) is 3.89. The maximum absolute atomic E-state index is 12.6. The normalized spacial score (nSPS) is 14.8. The zero-order valence-corrected chi connectivity index (χ0v) is 13.3. The topological polar surface area (TPSA) is 33.2 Å². The summed E-state index contributed by atoms with van der Waals surface area (Å²) in [4.78, 5) is 19.1. The highest BCUT2D eigenvalue weighted by Crippen LogP contribution is 2.31. The van der Waals surface area contributed by atoms with Crippen molar-refractivity contribution in [1.82, 2.24) is 9.88 Å².